The number of carbonyl (C=O) groups excluding carboxylic acids is 1. The van der Waals surface area contributed by atoms with Gasteiger partial charge in [-0.2, -0.15) is 0 Å². The van der Waals surface area contributed by atoms with Gasteiger partial charge in [-0.15, -0.1) is 0 Å². The third-order valence-corrected chi connectivity index (χ3v) is 3.78. The lowest BCUT2D eigenvalue weighted by Gasteiger charge is -2.32. The Balaban J connectivity index is 2.10. The summed E-state index contributed by atoms with van der Waals surface area (Å²) in [6.45, 7) is 9.70. The van der Waals surface area contributed by atoms with Gasteiger partial charge in [-0.3, -0.25) is 10.2 Å². The van der Waals surface area contributed by atoms with Crippen LogP contribution in [0.1, 0.15) is 36.8 Å². The highest BCUT2D eigenvalue weighted by Gasteiger charge is 2.21. The fourth-order valence-electron chi connectivity index (χ4n) is 2.14. The summed E-state index contributed by atoms with van der Waals surface area (Å²) in [5.41, 5.74) is 4.17. The van der Waals surface area contributed by atoms with E-state index < -0.39 is 0 Å². The lowest BCUT2D eigenvalue weighted by atomic mass is 9.91. The molecule has 1 fully saturated rings. The van der Waals surface area contributed by atoms with Crippen LogP contribution in [-0.2, 0) is 5.41 Å². The van der Waals surface area contributed by atoms with Gasteiger partial charge in [0, 0.05) is 42.9 Å². The van der Waals surface area contributed by atoms with Gasteiger partial charge < -0.3 is 4.90 Å². The van der Waals surface area contributed by atoms with Crippen molar-refractivity contribution in [3.05, 3.63) is 28.5 Å². The van der Waals surface area contributed by atoms with Crippen LogP contribution in [0.2, 0.25) is 5.15 Å². The number of hydrazine groups is 1. The second kappa shape index (κ2) is 6.30. The van der Waals surface area contributed by atoms with E-state index in [0.29, 0.717) is 10.7 Å². The first-order valence-electron chi connectivity index (χ1n) is 7.18. The van der Waals surface area contributed by atoms with E-state index in [4.69, 9.17) is 11.6 Å². The van der Waals surface area contributed by atoms with Gasteiger partial charge in [0.1, 0.15) is 5.15 Å². The summed E-state index contributed by atoms with van der Waals surface area (Å²) in [6.07, 6.45) is 0. The molecule has 1 aliphatic rings. The molecule has 0 saturated carbocycles. The predicted octanol–water partition coefficient (Wildman–Crippen LogP) is 1.92. The molecule has 1 aliphatic heterocycles. The van der Waals surface area contributed by atoms with Crippen LogP contribution < -0.4 is 5.43 Å². The highest BCUT2D eigenvalue weighted by molar-refractivity contribution is 6.29. The van der Waals surface area contributed by atoms with E-state index in [1.807, 2.05) is 31.8 Å². The molecule has 1 aromatic heterocycles. The molecule has 5 nitrogen and oxygen atoms in total. The highest BCUT2D eigenvalue weighted by Crippen LogP contribution is 2.23. The molecule has 0 unspecified atom stereocenters. The highest BCUT2D eigenvalue weighted by atomic mass is 35.5. The number of aromatic nitrogens is 1. The standard InChI is InChI=1S/C15H23ClN4O/c1-15(2,3)12-9-11(10-13(16)17-12)14(21)18-20-7-5-19(4)6-8-20/h9-10H,5-8H2,1-4H3,(H,18,21). The van der Waals surface area contributed by atoms with E-state index in [1.165, 1.54) is 0 Å². The molecule has 2 heterocycles. The van der Waals surface area contributed by atoms with Gasteiger partial charge in [-0.05, 0) is 19.2 Å². The first-order chi connectivity index (χ1) is 9.75. The van der Waals surface area contributed by atoms with E-state index in [2.05, 4.69) is 22.4 Å². The molecule has 6 heteroatoms. The van der Waals surface area contributed by atoms with E-state index in [-0.39, 0.29) is 11.3 Å². The fourth-order valence-corrected chi connectivity index (χ4v) is 2.35. The normalized spacial score (nSPS) is 17.8. The Hall–Kier alpha value is -1.17. The zero-order valence-corrected chi connectivity index (χ0v) is 13.9. The van der Waals surface area contributed by atoms with Gasteiger partial charge in [-0.1, -0.05) is 32.4 Å². The summed E-state index contributed by atoms with van der Waals surface area (Å²) in [5, 5.41) is 2.30. The molecule has 2 rings (SSSR count). The third kappa shape index (κ3) is 4.40. The average Bonchev–Trinajstić information content (AvgIpc) is 2.39. The molecule has 1 amide bonds. The summed E-state index contributed by atoms with van der Waals surface area (Å²) >= 11 is 6.05. The van der Waals surface area contributed by atoms with E-state index in [0.717, 1.165) is 31.9 Å². The number of hydrogen-bond donors (Lipinski definition) is 1. The molecular formula is C15H23ClN4O. The van der Waals surface area contributed by atoms with E-state index >= 15 is 0 Å². The van der Waals surface area contributed by atoms with Crippen molar-refractivity contribution in [2.24, 2.45) is 0 Å². The van der Waals surface area contributed by atoms with Gasteiger partial charge in [0.25, 0.3) is 5.91 Å². The third-order valence-electron chi connectivity index (χ3n) is 3.59. The minimum atomic E-state index is -0.145. The van der Waals surface area contributed by atoms with E-state index in [1.54, 1.807) is 6.07 Å². The summed E-state index contributed by atoms with van der Waals surface area (Å²) in [4.78, 5) is 18.9. The van der Waals surface area contributed by atoms with Gasteiger partial charge in [0.05, 0.1) is 0 Å². The summed E-state index contributed by atoms with van der Waals surface area (Å²) in [5.74, 6) is -0.130. The Morgan fingerprint density at radius 2 is 1.86 bits per heavy atom. The lowest BCUT2D eigenvalue weighted by molar-refractivity contribution is 0.0662. The van der Waals surface area contributed by atoms with Gasteiger partial charge in [0.15, 0.2) is 0 Å². The number of hydrogen-bond acceptors (Lipinski definition) is 4. The molecule has 0 bridgehead atoms. The Morgan fingerprint density at radius 1 is 1.24 bits per heavy atom. The quantitative estimate of drug-likeness (QED) is 0.848. The minimum Gasteiger partial charge on any atom is -0.304 e. The zero-order chi connectivity index (χ0) is 15.6. The molecule has 116 valence electrons. The van der Waals surface area contributed by atoms with Crippen LogP contribution in [0.4, 0.5) is 0 Å². The maximum atomic E-state index is 12.4. The van der Waals surface area contributed by atoms with Crippen molar-refractivity contribution in [1.29, 1.82) is 0 Å². The van der Waals surface area contributed by atoms with Crippen molar-refractivity contribution in [3.63, 3.8) is 0 Å². The molecule has 0 spiro atoms. The number of pyridine rings is 1. The average molecular weight is 311 g/mol. The largest absolute Gasteiger partial charge is 0.304 e. The molecule has 0 radical (unpaired) electrons. The van der Waals surface area contributed by atoms with Gasteiger partial charge in [0.2, 0.25) is 0 Å². The first-order valence-corrected chi connectivity index (χ1v) is 7.56. The van der Waals surface area contributed by atoms with Crippen LogP contribution in [0.25, 0.3) is 0 Å². The van der Waals surface area contributed by atoms with Crippen molar-refractivity contribution in [2.45, 2.75) is 26.2 Å². The number of piperazine rings is 1. The van der Waals surface area contributed by atoms with Crippen LogP contribution in [0, 0.1) is 0 Å². The molecule has 21 heavy (non-hydrogen) atoms. The van der Waals surface area contributed by atoms with Crippen LogP contribution in [-0.4, -0.2) is 54.0 Å². The second-order valence-electron chi connectivity index (χ2n) is 6.55. The molecule has 0 aliphatic carbocycles. The van der Waals surface area contributed by atoms with Crippen LogP contribution >= 0.6 is 11.6 Å². The lowest BCUT2D eigenvalue weighted by Crippen LogP contribution is -2.52. The van der Waals surface area contributed by atoms with Crippen LogP contribution in [0.3, 0.4) is 0 Å². The number of nitrogens with zero attached hydrogens (tertiary/aromatic N) is 3. The number of halogens is 1. The van der Waals surface area contributed by atoms with E-state index in [9.17, 15) is 4.79 Å². The molecule has 1 saturated heterocycles. The fraction of sp³-hybridized carbons (Fsp3) is 0.600. The van der Waals surface area contributed by atoms with Crippen molar-refractivity contribution in [3.8, 4) is 0 Å². The number of amides is 1. The monoisotopic (exact) mass is 310 g/mol. The number of likely N-dealkylation sites (N-methyl/N-ethyl adjacent to an activating group) is 1. The zero-order valence-electron chi connectivity index (χ0n) is 13.1. The molecule has 0 aromatic carbocycles. The SMILES string of the molecule is CN1CCN(NC(=O)c2cc(Cl)nc(C(C)(C)C)c2)CC1. The van der Waals surface area contributed by atoms with Gasteiger partial charge >= 0.3 is 0 Å². The van der Waals surface area contributed by atoms with Crippen molar-refractivity contribution < 1.29 is 4.79 Å². The summed E-state index contributed by atoms with van der Waals surface area (Å²) < 4.78 is 0. The smallest absolute Gasteiger partial charge is 0.265 e. The number of nitrogens with one attached hydrogen (secondary N) is 1. The Kier molecular flexibility index (Phi) is 4.86. The molecule has 1 N–H and O–H groups in total. The van der Waals surface area contributed by atoms with Crippen LogP contribution in [0.15, 0.2) is 12.1 Å². The summed E-state index contributed by atoms with van der Waals surface area (Å²) in [6, 6.07) is 3.43. The molecule has 0 atom stereocenters. The number of carbonyl (C=O) groups is 1. The van der Waals surface area contributed by atoms with Crippen LogP contribution in [0.5, 0.6) is 0 Å². The minimum absolute atomic E-state index is 0.130. The Morgan fingerprint density at radius 3 is 2.43 bits per heavy atom. The first kappa shape index (κ1) is 16.2. The molecular weight excluding hydrogens is 288 g/mol. The molecule has 1 aromatic rings. The predicted molar refractivity (Wildman–Crippen MR) is 84.5 cm³/mol. The summed E-state index contributed by atoms with van der Waals surface area (Å²) in [7, 11) is 2.08. The Bertz CT molecular complexity index is 519. The maximum Gasteiger partial charge on any atom is 0.265 e. The van der Waals surface area contributed by atoms with Crippen molar-refractivity contribution in [2.75, 3.05) is 33.2 Å². The Labute approximate surface area is 131 Å². The second-order valence-corrected chi connectivity index (χ2v) is 6.93. The number of rotatable bonds is 2. The van der Waals surface area contributed by atoms with Crippen molar-refractivity contribution in [1.82, 2.24) is 20.3 Å². The topological polar surface area (TPSA) is 48.5 Å². The van der Waals surface area contributed by atoms with Gasteiger partial charge in [-0.25, -0.2) is 9.99 Å². The maximum absolute atomic E-state index is 12.4. The van der Waals surface area contributed by atoms with Crippen molar-refractivity contribution >= 4 is 17.5 Å².